The molecule has 4 bridgehead atoms. The van der Waals surface area contributed by atoms with Gasteiger partial charge < -0.3 is 4.90 Å². The summed E-state index contributed by atoms with van der Waals surface area (Å²) in [5, 5.41) is 0. The van der Waals surface area contributed by atoms with Gasteiger partial charge in [0.2, 0.25) is 6.71 Å². The van der Waals surface area contributed by atoms with E-state index in [1.165, 1.54) is 77.5 Å². The van der Waals surface area contributed by atoms with Gasteiger partial charge in [0, 0.05) is 22.5 Å². The lowest BCUT2D eigenvalue weighted by molar-refractivity contribution is -0.00521. The van der Waals surface area contributed by atoms with Gasteiger partial charge in [-0.3, -0.25) is 0 Å². The molecule has 0 N–H and O–H groups in total. The van der Waals surface area contributed by atoms with Crippen LogP contribution >= 0.6 is 0 Å². The van der Waals surface area contributed by atoms with E-state index in [4.69, 9.17) is 0 Å². The number of rotatable bonds is 2. The number of fused-ring (bicyclic) bond motifs is 4. The second-order valence-electron chi connectivity index (χ2n) is 14.0. The van der Waals surface area contributed by atoms with Gasteiger partial charge >= 0.3 is 0 Å². The van der Waals surface area contributed by atoms with Crippen LogP contribution in [0.15, 0.2) is 91.0 Å². The lowest BCUT2D eigenvalue weighted by atomic mass is 9.30. The lowest BCUT2D eigenvalue weighted by Gasteiger charge is -2.57. The van der Waals surface area contributed by atoms with E-state index in [-0.39, 0.29) is 12.1 Å². The number of anilines is 3. The first kappa shape index (κ1) is 22.5. The van der Waals surface area contributed by atoms with E-state index in [0.29, 0.717) is 5.41 Å². The minimum atomic E-state index is -0.0376. The average molecular weight is 506 g/mol. The van der Waals surface area contributed by atoms with Gasteiger partial charge in [-0.05, 0) is 114 Å². The molecule has 4 aliphatic carbocycles. The van der Waals surface area contributed by atoms with Gasteiger partial charge in [-0.1, -0.05) is 86.0 Å². The molecule has 0 atom stereocenters. The van der Waals surface area contributed by atoms with Crippen molar-refractivity contribution in [2.45, 2.75) is 63.2 Å². The molecule has 4 aromatic rings. The first-order chi connectivity index (χ1) is 19.0. The molecular weight excluding hydrogens is 469 g/mol. The van der Waals surface area contributed by atoms with Crippen molar-refractivity contribution in [3.8, 4) is 0 Å². The fourth-order valence-electron chi connectivity index (χ4n) is 10.3. The molecule has 2 heteroatoms. The highest BCUT2D eigenvalue weighted by atomic mass is 15.2. The molecule has 4 aromatic carbocycles. The topological polar surface area (TPSA) is 3.24 Å². The van der Waals surface area contributed by atoms with E-state index < -0.39 is 0 Å². The van der Waals surface area contributed by atoms with Crippen molar-refractivity contribution < 1.29 is 0 Å². The fourth-order valence-corrected chi connectivity index (χ4v) is 10.3. The van der Waals surface area contributed by atoms with Gasteiger partial charge in [-0.2, -0.15) is 0 Å². The zero-order valence-electron chi connectivity index (χ0n) is 23.2. The molecule has 0 aromatic heterocycles. The van der Waals surface area contributed by atoms with E-state index in [1.54, 1.807) is 11.1 Å². The highest BCUT2D eigenvalue weighted by Crippen LogP contribution is 2.61. The normalized spacial score (nSPS) is 28.6. The zero-order valence-corrected chi connectivity index (χ0v) is 23.2. The van der Waals surface area contributed by atoms with Crippen molar-refractivity contribution in [1.29, 1.82) is 0 Å². The van der Waals surface area contributed by atoms with Crippen LogP contribution in [0, 0.1) is 17.8 Å². The summed E-state index contributed by atoms with van der Waals surface area (Å²) in [6.45, 7) is 5.24. The molecule has 0 radical (unpaired) electrons. The van der Waals surface area contributed by atoms with Gasteiger partial charge in [0.05, 0.1) is 0 Å². The molecular formula is C37H36BN. The Balaban J connectivity index is 1.37. The Morgan fingerprint density at radius 1 is 0.641 bits per heavy atom. The maximum Gasteiger partial charge on any atom is 0.247 e. The molecule has 39 heavy (non-hydrogen) atoms. The molecule has 2 aliphatic heterocycles. The largest absolute Gasteiger partial charge is 0.312 e. The smallest absolute Gasteiger partial charge is 0.247 e. The van der Waals surface area contributed by atoms with Crippen LogP contribution in [-0.4, -0.2) is 6.71 Å². The summed E-state index contributed by atoms with van der Waals surface area (Å²) < 4.78 is 0. The molecule has 192 valence electrons. The Kier molecular flexibility index (Phi) is 4.44. The van der Waals surface area contributed by atoms with Crippen LogP contribution in [0.4, 0.5) is 17.1 Å². The molecule has 0 spiro atoms. The quantitative estimate of drug-likeness (QED) is 0.232. The van der Waals surface area contributed by atoms with Crippen molar-refractivity contribution in [1.82, 2.24) is 0 Å². The summed E-state index contributed by atoms with van der Waals surface area (Å²) in [4.78, 5) is 2.60. The third kappa shape index (κ3) is 2.98. The summed E-state index contributed by atoms with van der Waals surface area (Å²) in [5.41, 5.74) is 13.5. The van der Waals surface area contributed by atoms with Crippen LogP contribution in [0.2, 0.25) is 0 Å². The van der Waals surface area contributed by atoms with E-state index in [2.05, 4.69) is 110 Å². The second-order valence-corrected chi connectivity index (χ2v) is 14.0. The third-order valence-corrected chi connectivity index (χ3v) is 11.5. The Morgan fingerprint density at radius 3 is 1.97 bits per heavy atom. The number of hydrogen-bond donors (Lipinski definition) is 0. The first-order valence-electron chi connectivity index (χ1n) is 15.2. The second kappa shape index (κ2) is 7.69. The predicted molar refractivity (Wildman–Crippen MR) is 164 cm³/mol. The molecule has 2 heterocycles. The Hall–Kier alpha value is -3.26. The molecule has 0 unspecified atom stereocenters. The van der Waals surface area contributed by atoms with Crippen molar-refractivity contribution in [3.05, 3.63) is 108 Å². The average Bonchev–Trinajstić information content (AvgIpc) is 2.94. The minimum absolute atomic E-state index is 0.0376. The van der Waals surface area contributed by atoms with Gasteiger partial charge in [0.1, 0.15) is 0 Å². The Labute approximate surface area is 233 Å². The number of hydrogen-bond acceptors (Lipinski definition) is 1. The highest BCUT2D eigenvalue weighted by Gasteiger charge is 2.53. The van der Waals surface area contributed by atoms with Crippen LogP contribution in [0.1, 0.15) is 69.1 Å². The summed E-state index contributed by atoms with van der Waals surface area (Å²) in [6, 6.07) is 35.0. The third-order valence-electron chi connectivity index (χ3n) is 11.5. The minimum Gasteiger partial charge on any atom is -0.312 e. The molecule has 0 saturated heterocycles. The van der Waals surface area contributed by atoms with Crippen LogP contribution in [0.3, 0.4) is 0 Å². The van der Waals surface area contributed by atoms with E-state index in [0.717, 1.165) is 17.8 Å². The van der Waals surface area contributed by atoms with Crippen LogP contribution in [0.5, 0.6) is 0 Å². The van der Waals surface area contributed by atoms with E-state index >= 15 is 0 Å². The molecule has 4 saturated carbocycles. The van der Waals surface area contributed by atoms with Gasteiger partial charge in [0.15, 0.2) is 0 Å². The van der Waals surface area contributed by atoms with Crippen molar-refractivity contribution in [2.75, 3.05) is 4.90 Å². The maximum absolute atomic E-state index is 2.71. The van der Waals surface area contributed by atoms with Crippen molar-refractivity contribution in [2.24, 2.45) is 17.8 Å². The summed E-state index contributed by atoms with van der Waals surface area (Å²) in [7, 11) is 0. The maximum atomic E-state index is 2.71. The predicted octanol–water partition coefficient (Wildman–Crippen LogP) is 7.09. The number of nitrogens with zero attached hydrogens (tertiary/aromatic N) is 1. The molecule has 6 aliphatic rings. The number of benzene rings is 4. The molecule has 0 amide bonds. The van der Waals surface area contributed by atoms with Crippen LogP contribution in [0.25, 0.3) is 0 Å². The fraction of sp³-hybridized carbons (Fsp3) is 0.351. The van der Waals surface area contributed by atoms with Crippen molar-refractivity contribution in [3.63, 3.8) is 0 Å². The van der Waals surface area contributed by atoms with Crippen molar-refractivity contribution >= 4 is 40.2 Å². The standard InChI is InChI=1S/C37H36BN/c1-36(2)29-12-6-7-13-31(29)38-32-14-8-9-15-33(32)39(28-10-4-3-5-11-28)34-20-27(19-30(36)35(34)38)37-21-24-16-25(22-37)18-26(17-24)23-37/h3-15,19-20,24-26H,16-18,21-23H2,1-2H3. The summed E-state index contributed by atoms with van der Waals surface area (Å²) in [5.74, 6) is 2.82. The van der Waals surface area contributed by atoms with Gasteiger partial charge in [0.25, 0.3) is 0 Å². The van der Waals surface area contributed by atoms with E-state index in [1.807, 2.05) is 0 Å². The SMILES string of the molecule is CC1(C)c2ccccc2B2c3ccccc3N(c3ccccc3)c3cc(C45CC6CC(CC(C6)C4)C5)cc1c32. The summed E-state index contributed by atoms with van der Waals surface area (Å²) >= 11 is 0. The highest BCUT2D eigenvalue weighted by molar-refractivity contribution is 6.99. The lowest BCUT2D eigenvalue weighted by Crippen LogP contribution is -2.64. The zero-order chi connectivity index (χ0) is 25.9. The van der Waals surface area contributed by atoms with Gasteiger partial charge in [-0.15, -0.1) is 0 Å². The Morgan fingerprint density at radius 2 is 1.26 bits per heavy atom. The molecule has 1 nitrogen and oxygen atoms in total. The first-order valence-corrected chi connectivity index (χ1v) is 15.2. The molecule has 4 fully saturated rings. The van der Waals surface area contributed by atoms with Crippen LogP contribution < -0.4 is 21.3 Å². The monoisotopic (exact) mass is 505 g/mol. The van der Waals surface area contributed by atoms with E-state index in [9.17, 15) is 0 Å². The summed E-state index contributed by atoms with van der Waals surface area (Å²) in [6.07, 6.45) is 8.67. The Bertz CT molecular complexity index is 1600. The van der Waals surface area contributed by atoms with Crippen LogP contribution in [-0.2, 0) is 10.8 Å². The van der Waals surface area contributed by atoms with Gasteiger partial charge in [-0.25, -0.2) is 0 Å². The molecule has 10 rings (SSSR count). The number of para-hydroxylation sites is 2.